The van der Waals surface area contributed by atoms with Gasteiger partial charge in [0.2, 0.25) is 5.91 Å². The summed E-state index contributed by atoms with van der Waals surface area (Å²) in [6.07, 6.45) is 5.48. The van der Waals surface area contributed by atoms with Gasteiger partial charge < -0.3 is 10.2 Å². The Balaban J connectivity index is 1.15. The fraction of sp³-hybridized carbons (Fsp3) is 0.333. The molecule has 7 heteroatoms. The SMILES string of the molecule is O=C(Nc1ccccc1N1CCN(CCc2ccncc2)CC1)C1CC(c2ccccc2)NN1. The van der Waals surface area contributed by atoms with Gasteiger partial charge in [0.05, 0.1) is 11.4 Å². The minimum atomic E-state index is -0.275. The highest BCUT2D eigenvalue weighted by atomic mass is 16.2. The van der Waals surface area contributed by atoms with Crippen LogP contribution >= 0.6 is 0 Å². The molecule has 3 heterocycles. The highest BCUT2D eigenvalue weighted by molar-refractivity contribution is 5.98. The largest absolute Gasteiger partial charge is 0.367 e. The fourth-order valence-electron chi connectivity index (χ4n) is 4.76. The van der Waals surface area contributed by atoms with Crippen molar-refractivity contribution in [3.63, 3.8) is 0 Å². The van der Waals surface area contributed by atoms with Gasteiger partial charge in [0.15, 0.2) is 0 Å². The molecule has 2 unspecified atom stereocenters. The third kappa shape index (κ3) is 5.44. The van der Waals surface area contributed by atoms with Gasteiger partial charge in [-0.1, -0.05) is 42.5 Å². The van der Waals surface area contributed by atoms with E-state index in [9.17, 15) is 4.79 Å². The molecule has 2 aliphatic rings. The summed E-state index contributed by atoms with van der Waals surface area (Å²) in [5.74, 6) is -0.00521. The summed E-state index contributed by atoms with van der Waals surface area (Å²) in [5.41, 5.74) is 10.9. The van der Waals surface area contributed by atoms with E-state index in [1.807, 2.05) is 48.8 Å². The average Bonchev–Trinajstić information content (AvgIpc) is 3.40. The number of aromatic nitrogens is 1. The lowest BCUT2D eigenvalue weighted by Crippen LogP contribution is -2.47. The van der Waals surface area contributed by atoms with Crippen LogP contribution in [0.3, 0.4) is 0 Å². The molecule has 5 rings (SSSR count). The van der Waals surface area contributed by atoms with Crippen LogP contribution in [0.2, 0.25) is 0 Å². The number of para-hydroxylation sites is 2. The van der Waals surface area contributed by atoms with Crippen LogP contribution in [0.4, 0.5) is 11.4 Å². The van der Waals surface area contributed by atoms with E-state index in [0.29, 0.717) is 6.42 Å². The standard InChI is InChI=1S/C27H32N6O/c34-27(25-20-24(30-31-25)22-6-2-1-3-7-22)29-23-8-4-5-9-26(23)33-18-16-32(17-19-33)15-12-21-10-13-28-14-11-21/h1-11,13-14,24-25,30-31H,12,15-20H2,(H,29,34). The zero-order valence-corrected chi connectivity index (χ0v) is 19.4. The molecule has 2 atom stereocenters. The van der Waals surface area contributed by atoms with Crippen molar-refractivity contribution in [3.8, 4) is 0 Å². The molecule has 2 fully saturated rings. The molecular weight excluding hydrogens is 424 g/mol. The van der Waals surface area contributed by atoms with E-state index in [4.69, 9.17) is 0 Å². The van der Waals surface area contributed by atoms with Gasteiger partial charge in [-0.2, -0.15) is 0 Å². The number of rotatable bonds is 7. The summed E-state index contributed by atoms with van der Waals surface area (Å²) >= 11 is 0. The van der Waals surface area contributed by atoms with Crippen LogP contribution < -0.4 is 21.1 Å². The van der Waals surface area contributed by atoms with Crippen molar-refractivity contribution in [2.24, 2.45) is 0 Å². The normalized spacial score (nSPS) is 20.9. The monoisotopic (exact) mass is 456 g/mol. The Labute approximate surface area is 201 Å². The molecule has 176 valence electrons. The topological polar surface area (TPSA) is 72.5 Å². The molecule has 0 saturated carbocycles. The van der Waals surface area contributed by atoms with Crippen molar-refractivity contribution < 1.29 is 4.79 Å². The lowest BCUT2D eigenvalue weighted by atomic mass is 10.0. The van der Waals surface area contributed by atoms with Crippen LogP contribution in [-0.2, 0) is 11.2 Å². The Morgan fingerprint density at radius 1 is 0.912 bits per heavy atom. The van der Waals surface area contributed by atoms with Crippen molar-refractivity contribution in [1.82, 2.24) is 20.7 Å². The predicted molar refractivity (Wildman–Crippen MR) is 136 cm³/mol. The van der Waals surface area contributed by atoms with E-state index in [-0.39, 0.29) is 18.0 Å². The Kier molecular flexibility index (Phi) is 7.14. The molecule has 2 saturated heterocycles. The fourth-order valence-corrected chi connectivity index (χ4v) is 4.76. The number of pyridine rings is 1. The molecular formula is C27H32N6O. The summed E-state index contributed by atoms with van der Waals surface area (Å²) in [5, 5.41) is 3.18. The van der Waals surface area contributed by atoms with Crippen molar-refractivity contribution in [2.75, 3.05) is 42.9 Å². The van der Waals surface area contributed by atoms with Crippen LogP contribution in [0.1, 0.15) is 23.6 Å². The summed E-state index contributed by atoms with van der Waals surface area (Å²) in [7, 11) is 0. The second kappa shape index (κ2) is 10.8. The van der Waals surface area contributed by atoms with E-state index in [1.54, 1.807) is 0 Å². The zero-order chi connectivity index (χ0) is 23.2. The lowest BCUT2D eigenvalue weighted by Gasteiger charge is -2.37. The van der Waals surface area contributed by atoms with E-state index in [1.165, 1.54) is 11.1 Å². The first kappa shape index (κ1) is 22.5. The number of piperazine rings is 1. The number of amides is 1. The Hall–Kier alpha value is -3.26. The maximum absolute atomic E-state index is 13.1. The third-order valence-electron chi connectivity index (χ3n) is 6.76. The summed E-state index contributed by atoms with van der Waals surface area (Å²) in [6, 6.07) is 22.4. The molecule has 0 bridgehead atoms. The molecule has 2 aliphatic heterocycles. The van der Waals surface area contributed by atoms with Crippen molar-refractivity contribution in [1.29, 1.82) is 0 Å². The lowest BCUT2D eigenvalue weighted by molar-refractivity contribution is -0.117. The van der Waals surface area contributed by atoms with Gasteiger partial charge in [0.25, 0.3) is 0 Å². The maximum atomic E-state index is 13.1. The van der Waals surface area contributed by atoms with Gasteiger partial charge in [-0.05, 0) is 48.2 Å². The van der Waals surface area contributed by atoms with Crippen molar-refractivity contribution >= 4 is 17.3 Å². The third-order valence-corrected chi connectivity index (χ3v) is 6.76. The first-order valence-corrected chi connectivity index (χ1v) is 12.1. The Morgan fingerprint density at radius 3 is 2.44 bits per heavy atom. The number of benzene rings is 2. The van der Waals surface area contributed by atoms with Crippen LogP contribution in [-0.4, -0.2) is 54.6 Å². The second-order valence-corrected chi connectivity index (χ2v) is 8.98. The van der Waals surface area contributed by atoms with E-state index < -0.39 is 0 Å². The average molecular weight is 457 g/mol. The number of hydrogen-bond donors (Lipinski definition) is 3. The van der Waals surface area contributed by atoms with Crippen LogP contribution in [0.25, 0.3) is 0 Å². The first-order chi connectivity index (χ1) is 16.8. The maximum Gasteiger partial charge on any atom is 0.242 e. The van der Waals surface area contributed by atoms with Gasteiger partial charge in [-0.15, -0.1) is 0 Å². The zero-order valence-electron chi connectivity index (χ0n) is 19.4. The molecule has 34 heavy (non-hydrogen) atoms. The Morgan fingerprint density at radius 2 is 1.65 bits per heavy atom. The minimum Gasteiger partial charge on any atom is -0.367 e. The summed E-state index contributed by atoms with van der Waals surface area (Å²) in [4.78, 5) is 22.0. The number of anilines is 2. The highest BCUT2D eigenvalue weighted by Gasteiger charge is 2.30. The van der Waals surface area contributed by atoms with Crippen LogP contribution in [0.15, 0.2) is 79.1 Å². The summed E-state index contributed by atoms with van der Waals surface area (Å²) in [6.45, 7) is 4.98. The minimum absolute atomic E-state index is 0.00521. The quantitative estimate of drug-likeness (QED) is 0.508. The molecule has 1 amide bonds. The number of carbonyl (C=O) groups excluding carboxylic acids is 1. The van der Waals surface area contributed by atoms with Crippen molar-refractivity contribution in [2.45, 2.75) is 24.9 Å². The van der Waals surface area contributed by atoms with E-state index in [2.05, 4.69) is 61.3 Å². The molecule has 7 nitrogen and oxygen atoms in total. The second-order valence-electron chi connectivity index (χ2n) is 8.98. The van der Waals surface area contributed by atoms with Gasteiger partial charge in [-0.3, -0.25) is 14.7 Å². The number of hydrazine groups is 1. The van der Waals surface area contributed by atoms with Gasteiger partial charge in [0, 0.05) is 51.2 Å². The molecule has 0 radical (unpaired) electrons. The van der Waals surface area contributed by atoms with Crippen LogP contribution in [0, 0.1) is 0 Å². The first-order valence-electron chi connectivity index (χ1n) is 12.1. The number of carbonyl (C=O) groups is 1. The molecule has 3 aromatic rings. The predicted octanol–water partition coefficient (Wildman–Crippen LogP) is 2.99. The van der Waals surface area contributed by atoms with Gasteiger partial charge in [-0.25, -0.2) is 10.9 Å². The molecule has 1 aromatic heterocycles. The summed E-state index contributed by atoms with van der Waals surface area (Å²) < 4.78 is 0. The highest BCUT2D eigenvalue weighted by Crippen LogP contribution is 2.28. The smallest absolute Gasteiger partial charge is 0.242 e. The van der Waals surface area contributed by atoms with Crippen molar-refractivity contribution in [3.05, 3.63) is 90.3 Å². The number of nitrogens with zero attached hydrogens (tertiary/aromatic N) is 3. The molecule has 2 aromatic carbocycles. The molecule has 3 N–H and O–H groups in total. The number of nitrogens with one attached hydrogen (secondary N) is 3. The molecule has 0 spiro atoms. The van der Waals surface area contributed by atoms with Gasteiger partial charge >= 0.3 is 0 Å². The van der Waals surface area contributed by atoms with Gasteiger partial charge in [0.1, 0.15) is 6.04 Å². The number of hydrogen-bond acceptors (Lipinski definition) is 6. The Bertz CT molecular complexity index is 1070. The molecule has 0 aliphatic carbocycles. The van der Waals surface area contributed by atoms with E-state index >= 15 is 0 Å². The van der Waals surface area contributed by atoms with Crippen LogP contribution in [0.5, 0.6) is 0 Å². The van der Waals surface area contributed by atoms with E-state index in [0.717, 1.165) is 50.5 Å².